The summed E-state index contributed by atoms with van der Waals surface area (Å²) < 4.78 is 59.2. The summed E-state index contributed by atoms with van der Waals surface area (Å²) in [5, 5.41) is 3.59. The molecule has 1 amide bonds. The van der Waals surface area contributed by atoms with Crippen LogP contribution in [0.15, 0.2) is 36.4 Å². The number of nitrogens with one attached hydrogen (secondary N) is 2. The summed E-state index contributed by atoms with van der Waals surface area (Å²) in [6.07, 6.45) is -5.30. The molecule has 0 bridgehead atoms. The summed E-state index contributed by atoms with van der Waals surface area (Å²) in [6.45, 7) is 3.19. The van der Waals surface area contributed by atoms with Gasteiger partial charge < -0.3 is 15.4 Å². The summed E-state index contributed by atoms with van der Waals surface area (Å²) in [6, 6.07) is 6.68. The lowest BCUT2D eigenvalue weighted by Crippen LogP contribution is -2.69. The Labute approximate surface area is 157 Å². The highest BCUT2D eigenvalue weighted by atomic mass is 19.4. The van der Waals surface area contributed by atoms with Crippen LogP contribution in [-0.4, -0.2) is 35.8 Å². The number of benzene rings is 1. The molecule has 2 rings (SSSR count). The highest BCUT2D eigenvalue weighted by Crippen LogP contribution is 2.33. The first-order valence-electron chi connectivity index (χ1n) is 7.95. The van der Waals surface area contributed by atoms with Crippen molar-refractivity contribution in [3.8, 4) is 0 Å². The van der Waals surface area contributed by atoms with Crippen LogP contribution in [0.1, 0.15) is 21.6 Å². The van der Waals surface area contributed by atoms with Gasteiger partial charge in [-0.3, -0.25) is 4.79 Å². The molecule has 1 aromatic carbocycles. The number of amides is 1. The Hall–Kier alpha value is -3.17. The lowest BCUT2D eigenvalue weighted by Gasteiger charge is -2.34. The minimum absolute atomic E-state index is 0.283. The first-order chi connectivity index (χ1) is 13.0. The van der Waals surface area contributed by atoms with E-state index in [1.54, 1.807) is 25.2 Å². The molecule has 0 aliphatic rings. The predicted octanol–water partition coefficient (Wildman–Crippen LogP) is 3.11. The van der Waals surface area contributed by atoms with E-state index in [2.05, 4.69) is 9.72 Å². The second-order valence-corrected chi connectivity index (χ2v) is 6.00. The lowest BCUT2D eigenvalue weighted by molar-refractivity contribution is -0.203. The van der Waals surface area contributed by atoms with Gasteiger partial charge in [0.1, 0.15) is 11.6 Å². The molecule has 2 N–H and O–H groups in total. The van der Waals surface area contributed by atoms with Gasteiger partial charge in [-0.15, -0.1) is 0 Å². The zero-order valence-electron chi connectivity index (χ0n) is 15.1. The number of nitrogens with zero attached hydrogens (tertiary/aromatic N) is 1. The number of carbonyl (C=O) groups excluding carboxylic acids is 2. The number of esters is 1. The molecule has 0 unspecified atom stereocenters. The quantitative estimate of drug-likeness (QED) is 0.459. The Morgan fingerprint density at radius 3 is 2.18 bits per heavy atom. The average Bonchev–Trinajstić information content (AvgIpc) is 2.59. The second kappa shape index (κ2) is 7.83. The molecule has 6 nitrogen and oxygen atoms in total. The number of hydrogen-bond acceptors (Lipinski definition) is 5. The molecular formula is C18H17F4N3O3. The van der Waals surface area contributed by atoms with Crippen LogP contribution in [0.2, 0.25) is 0 Å². The van der Waals surface area contributed by atoms with Gasteiger partial charge in [0.15, 0.2) is 0 Å². The van der Waals surface area contributed by atoms with Crippen molar-refractivity contribution in [3.63, 3.8) is 0 Å². The van der Waals surface area contributed by atoms with Crippen molar-refractivity contribution in [2.45, 2.75) is 25.7 Å². The minimum Gasteiger partial charge on any atom is -0.466 e. The normalized spacial score (nSPS) is 13.4. The zero-order chi connectivity index (χ0) is 21.1. The Kier molecular flexibility index (Phi) is 5.91. The Bertz CT molecular complexity index is 864. The second-order valence-electron chi connectivity index (χ2n) is 6.00. The first kappa shape index (κ1) is 21.1. The molecule has 0 radical (unpaired) electrons. The van der Waals surface area contributed by atoms with Gasteiger partial charge in [-0.2, -0.15) is 13.2 Å². The number of ether oxygens (including phenoxy) is 1. The molecule has 0 aliphatic carbocycles. The van der Waals surface area contributed by atoms with Crippen molar-refractivity contribution in [1.29, 1.82) is 0 Å². The molecule has 1 heterocycles. The topological polar surface area (TPSA) is 80.3 Å². The van der Waals surface area contributed by atoms with Gasteiger partial charge in [-0.25, -0.2) is 14.2 Å². The van der Waals surface area contributed by atoms with E-state index >= 15 is 0 Å². The third-order valence-electron chi connectivity index (χ3n) is 3.74. The summed E-state index contributed by atoms with van der Waals surface area (Å²) >= 11 is 0. The smallest absolute Gasteiger partial charge is 0.441 e. The van der Waals surface area contributed by atoms with Crippen molar-refractivity contribution in [1.82, 2.24) is 10.3 Å². The molecule has 0 spiro atoms. The molecular weight excluding hydrogens is 382 g/mol. The van der Waals surface area contributed by atoms with Crippen LogP contribution in [0.25, 0.3) is 0 Å². The summed E-state index contributed by atoms with van der Waals surface area (Å²) in [7, 11) is 0.753. The molecule has 1 aromatic heterocycles. The van der Waals surface area contributed by atoms with Crippen LogP contribution in [-0.2, 0) is 9.53 Å². The van der Waals surface area contributed by atoms with Gasteiger partial charge in [0.25, 0.3) is 5.91 Å². The van der Waals surface area contributed by atoms with E-state index in [9.17, 15) is 27.2 Å². The molecule has 10 heteroatoms. The molecule has 0 saturated heterocycles. The van der Waals surface area contributed by atoms with Crippen LogP contribution in [0.3, 0.4) is 0 Å². The summed E-state index contributed by atoms with van der Waals surface area (Å²) in [5.74, 6) is -4.03. The minimum atomic E-state index is -5.30. The van der Waals surface area contributed by atoms with Crippen LogP contribution in [0.4, 0.5) is 23.4 Å². The fourth-order valence-corrected chi connectivity index (χ4v) is 2.49. The molecule has 150 valence electrons. The number of halogens is 4. The van der Waals surface area contributed by atoms with Crippen LogP contribution >= 0.6 is 0 Å². The van der Waals surface area contributed by atoms with Crippen molar-refractivity contribution < 1.29 is 31.9 Å². The van der Waals surface area contributed by atoms with Gasteiger partial charge in [0, 0.05) is 11.3 Å². The standard InChI is InChI=1S/C18H17F4N3O3/c1-10-8-11(2)23-14(9-10)24-17(16(27)28-3,18(20,21)22)25-15(26)12-4-6-13(19)7-5-12/h4-9H,1-3H3,(H,23,24)(H,25,26)/t17-/m1/s1. The average molecular weight is 399 g/mol. The summed E-state index contributed by atoms with van der Waals surface area (Å²) in [4.78, 5) is 28.5. The Balaban J connectivity index is 2.52. The maximum atomic E-state index is 14.0. The van der Waals surface area contributed by atoms with E-state index in [0.29, 0.717) is 11.3 Å². The molecule has 0 saturated carbocycles. The van der Waals surface area contributed by atoms with Crippen LogP contribution in [0.5, 0.6) is 0 Å². The van der Waals surface area contributed by atoms with Gasteiger partial charge in [0.05, 0.1) is 7.11 Å². The van der Waals surface area contributed by atoms with Crippen molar-refractivity contribution in [3.05, 3.63) is 59.0 Å². The molecule has 0 aliphatic heterocycles. The first-order valence-corrected chi connectivity index (χ1v) is 7.95. The van der Waals surface area contributed by atoms with Crippen LogP contribution in [0, 0.1) is 19.7 Å². The molecule has 0 fully saturated rings. The van der Waals surface area contributed by atoms with Gasteiger partial charge in [-0.05, 0) is 55.8 Å². The van der Waals surface area contributed by atoms with E-state index in [1.165, 1.54) is 6.07 Å². The number of carbonyl (C=O) groups is 2. The van der Waals surface area contributed by atoms with E-state index in [4.69, 9.17) is 0 Å². The number of aromatic nitrogens is 1. The number of alkyl halides is 3. The summed E-state index contributed by atoms with van der Waals surface area (Å²) in [5.41, 5.74) is -2.91. The van der Waals surface area contributed by atoms with Crippen LogP contribution < -0.4 is 10.6 Å². The molecule has 2 aromatic rings. The maximum Gasteiger partial charge on any atom is 0.441 e. The van der Waals surface area contributed by atoms with Gasteiger partial charge >= 0.3 is 17.8 Å². The number of pyridine rings is 1. The van der Waals surface area contributed by atoms with Gasteiger partial charge in [0.2, 0.25) is 0 Å². The highest BCUT2D eigenvalue weighted by Gasteiger charge is 2.63. The van der Waals surface area contributed by atoms with E-state index < -0.39 is 29.5 Å². The number of methoxy groups -OCH3 is 1. The van der Waals surface area contributed by atoms with E-state index in [0.717, 1.165) is 31.4 Å². The number of aryl methyl sites for hydroxylation is 2. The number of hydrogen-bond donors (Lipinski definition) is 2. The predicted molar refractivity (Wildman–Crippen MR) is 92.0 cm³/mol. The molecule has 1 atom stereocenters. The van der Waals surface area contributed by atoms with Crippen molar-refractivity contribution in [2.24, 2.45) is 0 Å². The van der Waals surface area contributed by atoms with E-state index in [-0.39, 0.29) is 11.4 Å². The fraction of sp³-hybridized carbons (Fsp3) is 0.278. The van der Waals surface area contributed by atoms with Crippen molar-refractivity contribution in [2.75, 3.05) is 12.4 Å². The van der Waals surface area contributed by atoms with E-state index in [1.807, 2.05) is 5.32 Å². The van der Waals surface area contributed by atoms with Crippen molar-refractivity contribution >= 4 is 17.7 Å². The fourth-order valence-electron chi connectivity index (χ4n) is 2.49. The largest absolute Gasteiger partial charge is 0.466 e. The number of anilines is 1. The third-order valence-corrected chi connectivity index (χ3v) is 3.74. The van der Waals surface area contributed by atoms with Gasteiger partial charge in [-0.1, -0.05) is 0 Å². The highest BCUT2D eigenvalue weighted by molar-refractivity contribution is 5.99. The SMILES string of the molecule is COC(=O)[C@](NC(=O)c1ccc(F)cc1)(Nc1cc(C)cc(C)n1)C(F)(F)F. The third kappa shape index (κ3) is 4.38. The number of rotatable bonds is 5. The Morgan fingerprint density at radius 1 is 1.07 bits per heavy atom. The Morgan fingerprint density at radius 2 is 1.68 bits per heavy atom. The lowest BCUT2D eigenvalue weighted by atomic mass is 10.1. The maximum absolute atomic E-state index is 14.0. The zero-order valence-corrected chi connectivity index (χ0v) is 15.1. The molecule has 28 heavy (non-hydrogen) atoms. The monoisotopic (exact) mass is 399 g/mol.